The van der Waals surface area contributed by atoms with E-state index in [-0.39, 0.29) is 5.91 Å². The molecule has 3 rings (SSSR count). The molecule has 1 amide bonds. The molecule has 1 N–H and O–H groups in total. The minimum Gasteiger partial charge on any atom is -0.492 e. The van der Waals surface area contributed by atoms with E-state index in [1.54, 1.807) is 0 Å². The summed E-state index contributed by atoms with van der Waals surface area (Å²) in [6.45, 7) is 4.67. The van der Waals surface area contributed by atoms with E-state index in [1.807, 2.05) is 79.8 Å². The first-order valence-corrected chi connectivity index (χ1v) is 8.59. The van der Waals surface area contributed by atoms with Gasteiger partial charge in [-0.15, -0.1) is 0 Å². The van der Waals surface area contributed by atoms with Crippen LogP contribution in [0.5, 0.6) is 5.75 Å². The molecule has 136 valence electrons. The maximum atomic E-state index is 12.5. The van der Waals surface area contributed by atoms with Crippen LogP contribution in [0.1, 0.15) is 21.7 Å². The molecule has 2 heterocycles. The molecular formula is C20H24N4O2. The number of carbonyl (C=O) groups excluding carboxylic acids is 1. The van der Waals surface area contributed by atoms with Crippen LogP contribution in [0, 0.1) is 13.8 Å². The minimum atomic E-state index is -0.146. The molecule has 1 aromatic carbocycles. The standard InChI is InChI=1S/C20H24N4O2/c1-14-5-10-18-22-15(2)19(24(18)13-14)20(25)21-11-12-26-17-8-6-16(7-9-17)23(3)4/h5-10,13H,11-12H2,1-4H3,(H,21,25). The number of hydrogen-bond donors (Lipinski definition) is 1. The molecule has 0 radical (unpaired) electrons. The normalized spacial score (nSPS) is 10.8. The van der Waals surface area contributed by atoms with Gasteiger partial charge in [-0.25, -0.2) is 4.98 Å². The maximum absolute atomic E-state index is 12.5. The lowest BCUT2D eigenvalue weighted by atomic mass is 10.3. The SMILES string of the molecule is Cc1ccc2nc(C)c(C(=O)NCCOc3ccc(N(C)C)cc3)n2c1. The highest BCUT2D eigenvalue weighted by atomic mass is 16.5. The van der Waals surface area contributed by atoms with Gasteiger partial charge in [0.2, 0.25) is 0 Å². The van der Waals surface area contributed by atoms with Crippen LogP contribution in [-0.2, 0) is 0 Å². The lowest BCUT2D eigenvalue weighted by Gasteiger charge is -2.13. The number of aromatic nitrogens is 2. The zero-order valence-electron chi connectivity index (χ0n) is 15.6. The molecule has 0 atom stereocenters. The van der Waals surface area contributed by atoms with Gasteiger partial charge in [-0.1, -0.05) is 6.07 Å². The number of amides is 1. The van der Waals surface area contributed by atoms with E-state index in [0.717, 1.165) is 22.6 Å². The van der Waals surface area contributed by atoms with Crippen molar-refractivity contribution in [2.24, 2.45) is 0 Å². The number of nitrogens with zero attached hydrogens (tertiary/aromatic N) is 3. The lowest BCUT2D eigenvalue weighted by Crippen LogP contribution is -2.29. The zero-order valence-corrected chi connectivity index (χ0v) is 15.6. The van der Waals surface area contributed by atoms with Gasteiger partial charge in [-0.05, 0) is 49.7 Å². The van der Waals surface area contributed by atoms with Crippen LogP contribution in [0.2, 0.25) is 0 Å². The van der Waals surface area contributed by atoms with Gasteiger partial charge in [-0.2, -0.15) is 0 Å². The third-order valence-corrected chi connectivity index (χ3v) is 4.17. The van der Waals surface area contributed by atoms with Gasteiger partial charge in [0.1, 0.15) is 23.7 Å². The second-order valence-electron chi connectivity index (χ2n) is 6.47. The Balaban J connectivity index is 1.58. The monoisotopic (exact) mass is 352 g/mol. The Kier molecular flexibility index (Phi) is 5.11. The Morgan fingerprint density at radius 3 is 2.58 bits per heavy atom. The number of hydrogen-bond acceptors (Lipinski definition) is 4. The number of pyridine rings is 1. The summed E-state index contributed by atoms with van der Waals surface area (Å²) in [4.78, 5) is 19.0. The van der Waals surface area contributed by atoms with E-state index in [0.29, 0.717) is 24.5 Å². The Hall–Kier alpha value is -3.02. The van der Waals surface area contributed by atoms with Crippen LogP contribution in [0.25, 0.3) is 5.65 Å². The van der Waals surface area contributed by atoms with Gasteiger partial charge < -0.3 is 15.0 Å². The largest absolute Gasteiger partial charge is 0.492 e. The molecule has 0 saturated carbocycles. The van der Waals surface area contributed by atoms with Gasteiger partial charge >= 0.3 is 0 Å². The fourth-order valence-corrected chi connectivity index (χ4v) is 2.80. The van der Waals surface area contributed by atoms with E-state index in [9.17, 15) is 4.79 Å². The van der Waals surface area contributed by atoms with E-state index in [4.69, 9.17) is 4.74 Å². The van der Waals surface area contributed by atoms with E-state index in [1.165, 1.54) is 0 Å². The van der Waals surface area contributed by atoms with E-state index in [2.05, 4.69) is 10.3 Å². The fourth-order valence-electron chi connectivity index (χ4n) is 2.80. The number of aryl methyl sites for hydroxylation is 2. The molecule has 6 nitrogen and oxygen atoms in total. The van der Waals surface area contributed by atoms with Crippen molar-refractivity contribution in [2.75, 3.05) is 32.1 Å². The third-order valence-electron chi connectivity index (χ3n) is 4.17. The van der Waals surface area contributed by atoms with Crippen LogP contribution in [-0.4, -0.2) is 42.5 Å². The van der Waals surface area contributed by atoms with Gasteiger partial charge in [-0.3, -0.25) is 9.20 Å². The van der Waals surface area contributed by atoms with Crippen molar-refractivity contribution in [1.29, 1.82) is 0 Å². The summed E-state index contributed by atoms with van der Waals surface area (Å²) in [5.41, 5.74) is 4.25. The number of nitrogens with one attached hydrogen (secondary N) is 1. The highest BCUT2D eigenvalue weighted by Gasteiger charge is 2.16. The van der Waals surface area contributed by atoms with Crippen molar-refractivity contribution >= 4 is 17.2 Å². The van der Waals surface area contributed by atoms with E-state index < -0.39 is 0 Å². The smallest absolute Gasteiger partial charge is 0.270 e. The summed E-state index contributed by atoms with van der Waals surface area (Å²) < 4.78 is 7.52. The fraction of sp³-hybridized carbons (Fsp3) is 0.300. The summed E-state index contributed by atoms with van der Waals surface area (Å²) in [5.74, 6) is 0.638. The molecule has 0 spiro atoms. The number of anilines is 1. The quantitative estimate of drug-likeness (QED) is 0.693. The zero-order chi connectivity index (χ0) is 18.7. The Morgan fingerprint density at radius 2 is 1.88 bits per heavy atom. The van der Waals surface area contributed by atoms with Crippen LogP contribution in [0.3, 0.4) is 0 Å². The van der Waals surface area contributed by atoms with Gasteiger partial charge in [0, 0.05) is 26.0 Å². The minimum absolute atomic E-state index is 0.146. The van der Waals surface area contributed by atoms with Crippen molar-refractivity contribution in [3.63, 3.8) is 0 Å². The highest BCUT2D eigenvalue weighted by Crippen LogP contribution is 2.17. The number of rotatable bonds is 6. The molecule has 0 aliphatic heterocycles. The molecule has 0 bridgehead atoms. The van der Waals surface area contributed by atoms with Crippen LogP contribution >= 0.6 is 0 Å². The third kappa shape index (κ3) is 3.79. The predicted octanol–water partition coefficient (Wildman–Crippen LogP) is 2.83. The van der Waals surface area contributed by atoms with E-state index >= 15 is 0 Å². The Morgan fingerprint density at radius 1 is 1.15 bits per heavy atom. The van der Waals surface area contributed by atoms with Gasteiger partial charge in [0.05, 0.1) is 12.2 Å². The number of fused-ring (bicyclic) bond motifs is 1. The summed E-state index contributed by atoms with van der Waals surface area (Å²) >= 11 is 0. The topological polar surface area (TPSA) is 58.9 Å². The second-order valence-corrected chi connectivity index (χ2v) is 6.47. The van der Waals surface area contributed by atoms with Crippen LogP contribution in [0.4, 0.5) is 5.69 Å². The summed E-state index contributed by atoms with van der Waals surface area (Å²) in [5, 5.41) is 2.90. The molecule has 2 aromatic heterocycles. The van der Waals surface area contributed by atoms with Crippen molar-refractivity contribution in [3.05, 3.63) is 59.5 Å². The van der Waals surface area contributed by atoms with Crippen molar-refractivity contribution in [2.45, 2.75) is 13.8 Å². The maximum Gasteiger partial charge on any atom is 0.270 e. The molecule has 0 aliphatic rings. The van der Waals surface area contributed by atoms with Crippen LogP contribution < -0.4 is 15.0 Å². The van der Waals surface area contributed by atoms with Gasteiger partial charge in [0.25, 0.3) is 5.91 Å². The number of ether oxygens (including phenoxy) is 1. The predicted molar refractivity (Wildman–Crippen MR) is 103 cm³/mol. The average Bonchev–Trinajstić information content (AvgIpc) is 2.94. The van der Waals surface area contributed by atoms with Gasteiger partial charge in [0.15, 0.2) is 0 Å². The van der Waals surface area contributed by atoms with Crippen LogP contribution in [0.15, 0.2) is 42.6 Å². The molecule has 3 aromatic rings. The Labute approximate surface area is 153 Å². The molecule has 0 aliphatic carbocycles. The number of carbonyl (C=O) groups is 1. The molecule has 6 heteroatoms. The average molecular weight is 352 g/mol. The molecule has 0 unspecified atom stereocenters. The van der Waals surface area contributed by atoms with Crippen molar-refractivity contribution < 1.29 is 9.53 Å². The molecule has 0 fully saturated rings. The lowest BCUT2D eigenvalue weighted by molar-refractivity contribution is 0.0940. The molecular weight excluding hydrogens is 328 g/mol. The molecule has 0 saturated heterocycles. The van der Waals surface area contributed by atoms with Crippen molar-refractivity contribution in [1.82, 2.24) is 14.7 Å². The summed E-state index contributed by atoms with van der Waals surface area (Å²) in [6, 6.07) is 11.7. The summed E-state index contributed by atoms with van der Waals surface area (Å²) in [7, 11) is 3.99. The Bertz CT molecular complexity index is 913. The highest BCUT2D eigenvalue weighted by molar-refractivity contribution is 5.94. The first-order chi connectivity index (χ1) is 12.5. The summed E-state index contributed by atoms with van der Waals surface area (Å²) in [6.07, 6.45) is 1.92. The van der Waals surface area contributed by atoms with Crippen molar-refractivity contribution in [3.8, 4) is 5.75 Å². The number of imidazole rings is 1. The molecule has 26 heavy (non-hydrogen) atoms. The number of benzene rings is 1. The second kappa shape index (κ2) is 7.47. The first-order valence-electron chi connectivity index (χ1n) is 8.59. The first kappa shape index (κ1) is 17.8.